The Hall–Kier alpha value is -6.61. The van der Waals surface area contributed by atoms with Crippen molar-refractivity contribution in [2.45, 2.75) is 152 Å². The van der Waals surface area contributed by atoms with Crippen LogP contribution in [0.1, 0.15) is 118 Å². The second kappa shape index (κ2) is 27.2. The van der Waals surface area contributed by atoms with E-state index in [1.807, 2.05) is 12.3 Å². The normalized spacial score (nSPS) is 37.0. The predicted octanol–water partition coefficient (Wildman–Crippen LogP) is 8.01. The van der Waals surface area contributed by atoms with E-state index < -0.39 is 18.9 Å². The highest BCUT2D eigenvalue weighted by molar-refractivity contribution is 6.08. The SMILES string of the molecule is CNC[C@H]1C[C@]23[C@@H]4C[C@]5(C[C@H]6[C@@H]7CCNC[C@@H]7C[C@@H]7C=CCN[C@@H]67)C[C@H](CC[C@H]52)CC(=O)CC(=O)/C=C(\CO)c2cc(OC)c(O)cc2CC2=CNC(N)C=C2[C@@H](Cc2cccc(CCc5ccccc5)c2)CC#CN=C(N)N[C@@H]2CC(=C5C=CC[C@@H](O)[C@H]5N4)[C@@H]3[C@@H]1C2. The molecule has 8 bridgehead atoms. The summed E-state index contributed by atoms with van der Waals surface area (Å²) in [7, 11) is 3.60. The first-order valence-electron chi connectivity index (χ1n) is 35.3. The quantitative estimate of drug-likeness (QED) is 0.0496. The first-order chi connectivity index (χ1) is 45.3. The van der Waals surface area contributed by atoms with Crippen LogP contribution in [0.5, 0.6) is 11.5 Å². The number of aryl methyl sites for hydroxylation is 2. The topological polar surface area (TPSA) is 241 Å². The molecule has 0 radical (unpaired) electrons. The van der Waals surface area contributed by atoms with Crippen LogP contribution in [0, 0.1) is 82.0 Å². The Morgan fingerprint density at radius 3 is 2.63 bits per heavy atom. The number of benzene rings is 3. The summed E-state index contributed by atoms with van der Waals surface area (Å²) in [5, 5.41) is 58.3. The minimum Gasteiger partial charge on any atom is -0.504 e. The lowest BCUT2D eigenvalue weighted by atomic mass is 9.50. The van der Waals surface area contributed by atoms with Gasteiger partial charge in [0.15, 0.2) is 17.3 Å². The summed E-state index contributed by atoms with van der Waals surface area (Å²) in [6.45, 7) is 3.42. The number of phenols is 1. The second-order valence-electron chi connectivity index (χ2n) is 30.0. The number of dihydropyridines is 1. The minimum atomic E-state index is -0.562. The smallest absolute Gasteiger partial charge is 0.202 e. The molecule has 1 saturated heterocycles. The van der Waals surface area contributed by atoms with Crippen LogP contribution >= 0.6 is 0 Å². The molecule has 0 amide bonds. The van der Waals surface area contributed by atoms with Gasteiger partial charge in [0.2, 0.25) is 5.96 Å². The molecule has 7 aliphatic heterocycles. The molecule has 15 heteroatoms. The maximum atomic E-state index is 14.9. The number of aliphatic hydroxyl groups is 2. The molecule has 93 heavy (non-hydrogen) atoms. The largest absolute Gasteiger partial charge is 0.504 e. The van der Waals surface area contributed by atoms with Gasteiger partial charge in [0.1, 0.15) is 5.78 Å². The maximum Gasteiger partial charge on any atom is 0.202 e. The predicted molar refractivity (Wildman–Crippen MR) is 366 cm³/mol. The lowest BCUT2D eigenvalue weighted by Gasteiger charge is -2.56. The first-order valence-corrected chi connectivity index (χ1v) is 35.3. The lowest BCUT2D eigenvalue weighted by Crippen LogP contribution is -2.57. The van der Waals surface area contributed by atoms with Crippen LogP contribution in [0.3, 0.4) is 0 Å². The molecule has 0 aromatic heterocycles. The number of ketones is 2. The zero-order valence-electron chi connectivity index (χ0n) is 54.6. The summed E-state index contributed by atoms with van der Waals surface area (Å²) < 4.78 is 5.69. The van der Waals surface area contributed by atoms with Crippen LogP contribution in [0.15, 0.2) is 137 Å². The number of hydrogen-bond acceptors (Lipinski definition) is 15. The summed E-state index contributed by atoms with van der Waals surface area (Å²) >= 11 is 0. The Balaban J connectivity index is 0.861. The Morgan fingerprint density at radius 1 is 0.935 bits per heavy atom. The summed E-state index contributed by atoms with van der Waals surface area (Å²) in [5.74, 6) is 7.00. The number of phenolic OH excluding ortho intramolecular Hbond substituents is 1. The molecule has 6 fully saturated rings. The summed E-state index contributed by atoms with van der Waals surface area (Å²) in [4.78, 5) is 34.3. The first kappa shape index (κ1) is 63.8. The number of hydrogen-bond donors (Lipinski definition) is 11. The standard InChI is InChI=1S/C78H99N9O6/c1-81-42-56-39-78-70-21-20-49-28-58(89)35-59(90)31-55(45-88)62-36-69(93-2)68(92)32-52(62)30-54-44-85-72(79)37-63(54)50(27-48-13-6-12-47(26-48)19-18-46-10-4-3-5-11-46)14-8-24-84-76(80)86-57-33-64(56)73(78)65(34-57)61-16-7-17-67(91)75(61)87-71(78)41-77(70,38-49)40-66-60-22-25-82-43-53(60)29-51-15-9-23-83-74(51)66/h3-7,9-13,15-16,26,31-32,36-37,44,49-51,53,56-57,60,64,66-67,70-75,81-83,85,87-88,91-92H,14,17-23,25,27-30,33-35,38-43,45,79H2,1-2H3,(H3,80,84,86)/b55-31+/t49-,50-,51+,53+,56-,57+,60-,64-,66+,67-,70-,71+,72?,73+,74-,75+,77-,78-/m1/s1. The van der Waals surface area contributed by atoms with Crippen LogP contribution in [-0.2, 0) is 35.3 Å². The molecule has 13 N–H and O–H groups in total. The van der Waals surface area contributed by atoms with E-state index in [9.17, 15) is 24.9 Å². The zero-order valence-corrected chi connectivity index (χ0v) is 54.6. The van der Waals surface area contributed by atoms with Gasteiger partial charge in [-0.25, -0.2) is 0 Å². The van der Waals surface area contributed by atoms with E-state index in [0.29, 0.717) is 108 Å². The number of piperidine rings is 1. The van der Waals surface area contributed by atoms with E-state index in [1.54, 1.807) is 12.1 Å². The summed E-state index contributed by atoms with van der Waals surface area (Å²) in [6, 6.07) is 26.2. The summed E-state index contributed by atoms with van der Waals surface area (Å²) in [6.07, 6.45) is 27.8. The fraction of sp³-hybridized carbons (Fsp3) is 0.551. The maximum absolute atomic E-state index is 14.9. The van der Waals surface area contributed by atoms with Crippen LogP contribution < -0.4 is 48.1 Å². The van der Waals surface area contributed by atoms with Crippen LogP contribution in [0.25, 0.3) is 5.57 Å². The van der Waals surface area contributed by atoms with Gasteiger partial charge in [-0.3, -0.25) is 9.59 Å². The van der Waals surface area contributed by atoms with Crippen molar-refractivity contribution < 1.29 is 29.6 Å². The van der Waals surface area contributed by atoms with E-state index >= 15 is 0 Å². The number of Topliss-reactive ketones (excluding diaryl/α,β-unsaturated/α-hetero) is 1. The average Bonchev–Trinajstić information content (AvgIpc) is 1.51. The molecule has 6 aliphatic carbocycles. The molecule has 1 unspecified atom stereocenters. The third-order valence-electron chi connectivity index (χ3n) is 24.8. The molecule has 13 aliphatic rings. The van der Waals surface area contributed by atoms with Crippen molar-refractivity contribution in [3.05, 3.63) is 159 Å². The number of aliphatic hydroxyl groups excluding tert-OH is 2. The molecule has 7 heterocycles. The molecule has 3 aromatic rings. The van der Waals surface area contributed by atoms with Gasteiger partial charge < -0.3 is 63.4 Å². The van der Waals surface area contributed by atoms with Crippen molar-refractivity contribution in [2.75, 3.05) is 46.9 Å². The highest BCUT2D eigenvalue weighted by Gasteiger charge is 2.72. The highest BCUT2D eigenvalue weighted by Crippen LogP contribution is 2.76. The van der Waals surface area contributed by atoms with Crippen LogP contribution in [0.2, 0.25) is 0 Å². The van der Waals surface area contributed by atoms with Crippen molar-refractivity contribution in [1.82, 2.24) is 31.9 Å². The Labute approximate surface area is 550 Å². The molecule has 18 atom stereocenters. The summed E-state index contributed by atoms with van der Waals surface area (Å²) in [5.41, 5.74) is 23.5. The number of aliphatic imine (C=N–C) groups is 1. The molecule has 16 rings (SSSR count). The molecular formula is C78H99N9O6. The number of carbonyl (C=O) groups is 2. The van der Waals surface area contributed by atoms with E-state index in [4.69, 9.17) is 21.2 Å². The number of rotatable bonds is 11. The average molecular weight is 1260 g/mol. The number of fused-ring (bicyclic) bond motifs is 3. The van der Waals surface area contributed by atoms with Crippen LogP contribution in [-0.4, -0.2) is 116 Å². The second-order valence-corrected chi connectivity index (χ2v) is 30.0. The zero-order chi connectivity index (χ0) is 64.0. The number of allylic oxidation sites excluding steroid dienone is 3. The van der Waals surface area contributed by atoms with E-state index in [0.717, 1.165) is 107 Å². The molecule has 1 spiro atoms. The number of nitrogens with one attached hydrogen (secondary N) is 6. The fourth-order valence-corrected chi connectivity index (χ4v) is 21.5. The fourth-order valence-electron chi connectivity index (χ4n) is 21.5. The Bertz CT molecular complexity index is 3600. The van der Waals surface area contributed by atoms with E-state index in [-0.39, 0.29) is 70.3 Å². The van der Waals surface area contributed by atoms with E-state index in [2.05, 4.69) is 130 Å². The van der Waals surface area contributed by atoms with Crippen molar-refractivity contribution in [3.63, 3.8) is 0 Å². The van der Waals surface area contributed by atoms with Gasteiger partial charge in [-0.05, 0) is 267 Å². The Morgan fingerprint density at radius 2 is 1.78 bits per heavy atom. The van der Waals surface area contributed by atoms with Crippen molar-refractivity contribution in [1.29, 1.82) is 0 Å². The number of methoxy groups -OCH3 is 1. The monoisotopic (exact) mass is 1260 g/mol. The van der Waals surface area contributed by atoms with Gasteiger partial charge in [0.05, 0.1) is 38.4 Å². The highest BCUT2D eigenvalue weighted by atomic mass is 16.5. The van der Waals surface area contributed by atoms with Crippen molar-refractivity contribution in [3.8, 4) is 23.5 Å². The molecule has 15 nitrogen and oxygen atoms in total. The third-order valence-corrected chi connectivity index (χ3v) is 24.8. The Kier molecular flexibility index (Phi) is 18.7. The van der Waals surface area contributed by atoms with Crippen LogP contribution in [0.4, 0.5) is 0 Å². The van der Waals surface area contributed by atoms with Gasteiger partial charge in [-0.2, -0.15) is 4.99 Å². The van der Waals surface area contributed by atoms with Crippen molar-refractivity contribution in [2.24, 2.45) is 86.5 Å². The number of ether oxygens (including phenoxy) is 1. The third kappa shape index (κ3) is 12.7. The van der Waals surface area contributed by atoms with Gasteiger partial charge in [-0.1, -0.05) is 90.4 Å². The number of guanidine groups is 1. The van der Waals surface area contributed by atoms with Gasteiger partial charge in [-0.15, -0.1) is 0 Å². The number of nitrogens with zero attached hydrogens (tertiary/aromatic N) is 1. The van der Waals surface area contributed by atoms with Gasteiger partial charge >= 0.3 is 0 Å². The number of nitrogens with two attached hydrogens (primary N) is 2. The lowest BCUT2D eigenvalue weighted by molar-refractivity contribution is -0.126. The molecule has 492 valence electrons. The van der Waals surface area contributed by atoms with Crippen molar-refractivity contribution >= 4 is 23.1 Å². The molecule has 5 saturated carbocycles. The molecular weight excluding hydrogens is 1160 g/mol. The number of aromatic hydroxyl groups is 1. The van der Waals surface area contributed by atoms with Gasteiger partial charge in [0.25, 0.3) is 0 Å². The number of carbonyl (C=O) groups excluding carboxylic acids is 2. The van der Waals surface area contributed by atoms with E-state index in [1.165, 1.54) is 48.3 Å². The molecule has 3 aromatic carbocycles. The van der Waals surface area contributed by atoms with Gasteiger partial charge in [0, 0.05) is 49.8 Å². The minimum absolute atomic E-state index is 0.00250.